The van der Waals surface area contributed by atoms with Gasteiger partial charge in [0.1, 0.15) is 5.82 Å². The second kappa shape index (κ2) is 5.68. The molecule has 20 heavy (non-hydrogen) atoms. The van der Waals surface area contributed by atoms with E-state index in [1.54, 1.807) is 17.4 Å². The molecule has 5 heteroatoms. The third kappa shape index (κ3) is 2.80. The molecule has 0 fully saturated rings. The first-order valence-corrected chi connectivity index (χ1v) is 7.70. The van der Waals surface area contributed by atoms with Crippen LogP contribution in [0.4, 0.5) is 4.39 Å². The summed E-state index contributed by atoms with van der Waals surface area (Å²) in [5.74, 6) is -0.445. The summed E-state index contributed by atoms with van der Waals surface area (Å²) in [6, 6.07) is 12.6. The number of hydrogen-bond donors (Lipinski definition) is 0. The molecule has 2 aromatic carbocycles. The molecule has 102 valence electrons. The van der Waals surface area contributed by atoms with Crippen molar-refractivity contribution in [2.24, 2.45) is 0 Å². The largest absolute Gasteiger partial charge is 0.241 e. The fourth-order valence-electron chi connectivity index (χ4n) is 1.99. The molecule has 3 rings (SSSR count). The van der Waals surface area contributed by atoms with Gasteiger partial charge in [0.05, 0.1) is 25.6 Å². The topological polar surface area (TPSA) is 12.9 Å². The Labute approximate surface area is 130 Å². The number of para-hydroxylation sites is 1. The van der Waals surface area contributed by atoms with Gasteiger partial charge < -0.3 is 0 Å². The lowest BCUT2D eigenvalue weighted by molar-refractivity contribution is 0.625. The molecule has 0 aliphatic heterocycles. The standard InChI is InChI=1S/C15H10Cl2FNS/c16-10-6-5-9(7-12(10)18)11(17)8-15-19-13-3-1-2-4-14(13)20-15/h1-7,11H,8H2. The molecule has 1 aromatic heterocycles. The molecule has 0 spiro atoms. The molecule has 3 aromatic rings. The molecule has 0 saturated heterocycles. The highest BCUT2D eigenvalue weighted by Gasteiger charge is 2.14. The molecule has 0 aliphatic rings. The van der Waals surface area contributed by atoms with E-state index in [2.05, 4.69) is 4.98 Å². The van der Waals surface area contributed by atoms with Crippen LogP contribution in [0.5, 0.6) is 0 Å². The van der Waals surface area contributed by atoms with Crippen LogP contribution in [0.15, 0.2) is 42.5 Å². The zero-order valence-electron chi connectivity index (χ0n) is 10.3. The van der Waals surface area contributed by atoms with Gasteiger partial charge >= 0.3 is 0 Å². The van der Waals surface area contributed by atoms with E-state index in [0.29, 0.717) is 12.0 Å². The SMILES string of the molecule is Fc1cc(C(Cl)Cc2nc3ccccc3s2)ccc1Cl. The number of nitrogens with zero attached hydrogens (tertiary/aromatic N) is 1. The van der Waals surface area contributed by atoms with Crippen molar-refractivity contribution < 1.29 is 4.39 Å². The van der Waals surface area contributed by atoms with Gasteiger partial charge in [-0.2, -0.15) is 0 Å². The van der Waals surface area contributed by atoms with Gasteiger partial charge in [-0.1, -0.05) is 29.8 Å². The second-order valence-electron chi connectivity index (χ2n) is 4.42. The van der Waals surface area contributed by atoms with E-state index in [1.807, 2.05) is 24.3 Å². The predicted molar refractivity (Wildman–Crippen MR) is 83.3 cm³/mol. The molecule has 0 aliphatic carbocycles. The third-order valence-electron chi connectivity index (χ3n) is 3.00. The van der Waals surface area contributed by atoms with Gasteiger partial charge in [-0.3, -0.25) is 0 Å². The monoisotopic (exact) mass is 325 g/mol. The van der Waals surface area contributed by atoms with Gasteiger partial charge in [0.15, 0.2) is 0 Å². The number of halogens is 3. The minimum absolute atomic E-state index is 0.109. The van der Waals surface area contributed by atoms with Crippen molar-refractivity contribution in [1.82, 2.24) is 4.98 Å². The van der Waals surface area contributed by atoms with Crippen molar-refractivity contribution in [1.29, 1.82) is 0 Å². The van der Waals surface area contributed by atoms with E-state index in [1.165, 1.54) is 12.1 Å². The molecule has 0 radical (unpaired) electrons. The van der Waals surface area contributed by atoms with Crippen molar-refractivity contribution >= 4 is 44.8 Å². The number of fused-ring (bicyclic) bond motifs is 1. The van der Waals surface area contributed by atoms with Gasteiger partial charge in [0.2, 0.25) is 0 Å². The number of aromatic nitrogens is 1. The van der Waals surface area contributed by atoms with Crippen LogP contribution in [0.2, 0.25) is 5.02 Å². The fourth-order valence-corrected chi connectivity index (χ4v) is 3.49. The summed E-state index contributed by atoms with van der Waals surface area (Å²) in [5, 5.41) is 0.737. The number of benzene rings is 2. The Kier molecular flexibility index (Phi) is 3.92. The Morgan fingerprint density at radius 1 is 1.20 bits per heavy atom. The molecule has 0 N–H and O–H groups in total. The van der Waals surface area contributed by atoms with Crippen molar-refractivity contribution in [3.05, 3.63) is 63.9 Å². The van der Waals surface area contributed by atoms with Gasteiger partial charge in [0.25, 0.3) is 0 Å². The summed E-state index contributed by atoms with van der Waals surface area (Å²) in [6.07, 6.45) is 0.571. The average molecular weight is 326 g/mol. The van der Waals surface area contributed by atoms with Crippen LogP contribution in [0, 0.1) is 5.82 Å². The molecule has 1 unspecified atom stereocenters. The summed E-state index contributed by atoms with van der Waals surface area (Å²) in [4.78, 5) is 4.53. The Morgan fingerprint density at radius 2 is 2.00 bits per heavy atom. The summed E-state index contributed by atoms with van der Waals surface area (Å²) < 4.78 is 14.6. The second-order valence-corrected chi connectivity index (χ2v) is 6.47. The van der Waals surface area contributed by atoms with E-state index in [-0.39, 0.29) is 10.4 Å². The Bertz CT molecular complexity index is 723. The number of thiazole rings is 1. The highest BCUT2D eigenvalue weighted by Crippen LogP contribution is 2.30. The Balaban J connectivity index is 1.84. The molecule has 0 bridgehead atoms. The molecule has 1 heterocycles. The van der Waals surface area contributed by atoms with Crippen LogP contribution >= 0.6 is 34.5 Å². The number of alkyl halides is 1. The van der Waals surface area contributed by atoms with Gasteiger partial charge in [-0.15, -0.1) is 22.9 Å². The molecule has 0 amide bonds. The predicted octanol–water partition coefficient (Wildman–Crippen LogP) is 5.61. The first-order valence-electron chi connectivity index (χ1n) is 6.07. The van der Waals surface area contributed by atoms with Crippen LogP contribution in [-0.2, 0) is 6.42 Å². The summed E-state index contributed by atoms with van der Waals surface area (Å²) in [5.41, 5.74) is 1.69. The maximum atomic E-state index is 13.4. The van der Waals surface area contributed by atoms with Crippen molar-refractivity contribution in [3.63, 3.8) is 0 Å². The summed E-state index contributed by atoms with van der Waals surface area (Å²) in [7, 11) is 0. The highest BCUT2D eigenvalue weighted by molar-refractivity contribution is 7.18. The Morgan fingerprint density at radius 3 is 2.75 bits per heavy atom. The van der Waals surface area contributed by atoms with Gasteiger partial charge in [0, 0.05) is 6.42 Å². The zero-order chi connectivity index (χ0) is 14.1. The van der Waals surface area contributed by atoms with Crippen molar-refractivity contribution in [2.75, 3.05) is 0 Å². The lowest BCUT2D eigenvalue weighted by atomic mass is 10.1. The first-order chi connectivity index (χ1) is 9.63. The first kappa shape index (κ1) is 13.8. The fraction of sp³-hybridized carbons (Fsp3) is 0.133. The molecular formula is C15H10Cl2FNS. The van der Waals surface area contributed by atoms with E-state index in [0.717, 1.165) is 15.2 Å². The average Bonchev–Trinajstić information content (AvgIpc) is 2.83. The zero-order valence-corrected chi connectivity index (χ0v) is 12.6. The van der Waals surface area contributed by atoms with Crippen molar-refractivity contribution in [3.8, 4) is 0 Å². The van der Waals surface area contributed by atoms with E-state index in [9.17, 15) is 4.39 Å². The number of rotatable bonds is 3. The molecular weight excluding hydrogens is 316 g/mol. The smallest absolute Gasteiger partial charge is 0.142 e. The van der Waals surface area contributed by atoms with E-state index in [4.69, 9.17) is 23.2 Å². The molecule has 1 atom stereocenters. The van der Waals surface area contributed by atoms with E-state index < -0.39 is 5.82 Å². The van der Waals surface area contributed by atoms with Crippen LogP contribution in [0.1, 0.15) is 15.9 Å². The highest BCUT2D eigenvalue weighted by atomic mass is 35.5. The Hall–Kier alpha value is -1.16. The van der Waals surface area contributed by atoms with Crippen molar-refractivity contribution in [2.45, 2.75) is 11.8 Å². The van der Waals surface area contributed by atoms with Crippen LogP contribution in [0.25, 0.3) is 10.2 Å². The summed E-state index contributed by atoms with van der Waals surface area (Å²) >= 11 is 13.6. The minimum atomic E-state index is -0.445. The van der Waals surface area contributed by atoms with Crippen LogP contribution < -0.4 is 0 Å². The third-order valence-corrected chi connectivity index (χ3v) is 4.77. The van der Waals surface area contributed by atoms with Gasteiger partial charge in [-0.05, 0) is 29.8 Å². The van der Waals surface area contributed by atoms with Crippen LogP contribution in [-0.4, -0.2) is 4.98 Å². The summed E-state index contributed by atoms with van der Waals surface area (Å²) in [6.45, 7) is 0. The lowest BCUT2D eigenvalue weighted by Crippen LogP contribution is -1.96. The molecule has 1 nitrogen and oxygen atoms in total. The minimum Gasteiger partial charge on any atom is -0.241 e. The lowest BCUT2D eigenvalue weighted by Gasteiger charge is -2.08. The maximum Gasteiger partial charge on any atom is 0.142 e. The normalized spacial score (nSPS) is 12.8. The van der Waals surface area contributed by atoms with E-state index >= 15 is 0 Å². The maximum absolute atomic E-state index is 13.4. The number of hydrogen-bond acceptors (Lipinski definition) is 2. The quantitative estimate of drug-likeness (QED) is 0.570. The van der Waals surface area contributed by atoms with Crippen LogP contribution in [0.3, 0.4) is 0 Å². The van der Waals surface area contributed by atoms with Gasteiger partial charge in [-0.25, -0.2) is 9.37 Å². The molecule has 0 saturated carbocycles.